The highest BCUT2D eigenvalue weighted by Gasteiger charge is 2.46. The van der Waals surface area contributed by atoms with E-state index < -0.39 is 23.2 Å². The number of carbonyl (C=O) groups is 2. The van der Waals surface area contributed by atoms with Gasteiger partial charge in [-0.15, -0.1) is 0 Å². The Bertz CT molecular complexity index is 1180. The van der Waals surface area contributed by atoms with Crippen LogP contribution >= 0.6 is 0 Å². The first kappa shape index (κ1) is 22.6. The van der Waals surface area contributed by atoms with Crippen molar-refractivity contribution in [2.24, 2.45) is 11.1 Å². The van der Waals surface area contributed by atoms with Gasteiger partial charge in [-0.25, -0.2) is 0 Å². The second-order valence-corrected chi connectivity index (χ2v) is 8.70. The molecule has 1 saturated carbocycles. The lowest BCUT2D eigenvalue weighted by Gasteiger charge is -2.39. The zero-order valence-electron chi connectivity index (χ0n) is 18.2. The average molecular weight is 450 g/mol. The first-order valence-electron chi connectivity index (χ1n) is 11.0. The maximum absolute atomic E-state index is 13.3. The van der Waals surface area contributed by atoms with Crippen molar-refractivity contribution in [3.05, 3.63) is 65.7 Å². The Kier molecular flexibility index (Phi) is 6.24. The molecule has 7 nitrogen and oxygen atoms in total. The van der Waals surface area contributed by atoms with Crippen LogP contribution in [0.5, 0.6) is 17.2 Å². The Balaban J connectivity index is 1.62. The van der Waals surface area contributed by atoms with Gasteiger partial charge in [0.15, 0.2) is 5.78 Å². The molecule has 0 aliphatic heterocycles. The molecule has 33 heavy (non-hydrogen) atoms. The van der Waals surface area contributed by atoms with Gasteiger partial charge in [0.1, 0.15) is 17.2 Å². The average Bonchev–Trinajstić information content (AvgIpc) is 2.78. The molecule has 3 aromatic rings. The third kappa shape index (κ3) is 4.50. The molecule has 7 heteroatoms. The van der Waals surface area contributed by atoms with Gasteiger partial charge in [-0.3, -0.25) is 9.59 Å². The number of phenols is 2. The molecule has 1 atom stereocenters. The highest BCUT2D eigenvalue weighted by Crippen LogP contribution is 2.45. The molecule has 0 saturated heterocycles. The fraction of sp³-hybridized carbons (Fsp3) is 0.308. The minimum absolute atomic E-state index is 0.0434. The summed E-state index contributed by atoms with van der Waals surface area (Å²) in [4.78, 5) is 25.1. The molecular weight excluding hydrogens is 422 g/mol. The topological polar surface area (TPSA) is 130 Å². The summed E-state index contributed by atoms with van der Waals surface area (Å²) in [5.74, 6) is -0.951. The zero-order chi connectivity index (χ0) is 23.6. The molecule has 0 radical (unpaired) electrons. The van der Waals surface area contributed by atoms with Crippen LogP contribution < -0.4 is 10.5 Å². The number of carbonyl (C=O) groups excluding carboxylic acids is 1. The van der Waals surface area contributed by atoms with Gasteiger partial charge < -0.3 is 25.8 Å². The van der Waals surface area contributed by atoms with Gasteiger partial charge >= 0.3 is 5.97 Å². The van der Waals surface area contributed by atoms with Gasteiger partial charge in [-0.1, -0.05) is 42.8 Å². The monoisotopic (exact) mass is 449 g/mol. The number of ether oxygens (including phenoxy) is 1. The number of aliphatic carboxylic acids is 1. The quantitative estimate of drug-likeness (QED) is 0.363. The van der Waals surface area contributed by atoms with Gasteiger partial charge in [0, 0.05) is 17.2 Å². The number of aromatic hydroxyl groups is 2. The summed E-state index contributed by atoms with van der Waals surface area (Å²) >= 11 is 0. The number of rotatable bonds is 9. The summed E-state index contributed by atoms with van der Waals surface area (Å²) in [6, 6.07) is 14.2. The van der Waals surface area contributed by atoms with E-state index in [0.29, 0.717) is 35.8 Å². The van der Waals surface area contributed by atoms with Crippen LogP contribution in [0.15, 0.2) is 54.6 Å². The van der Waals surface area contributed by atoms with Crippen LogP contribution in [0.2, 0.25) is 0 Å². The molecule has 0 heterocycles. The van der Waals surface area contributed by atoms with E-state index in [-0.39, 0.29) is 30.1 Å². The number of Topliss-reactive ketones (excluding diaryl/α,β-unsaturated/α-hetero) is 1. The predicted molar refractivity (Wildman–Crippen MR) is 124 cm³/mol. The number of phenolic OH excluding ortho intramolecular Hbond substituents is 2. The second-order valence-electron chi connectivity index (χ2n) is 8.70. The lowest BCUT2D eigenvalue weighted by molar-refractivity contribution is -0.155. The number of ketones is 1. The Morgan fingerprint density at radius 3 is 2.30 bits per heavy atom. The molecule has 4 rings (SSSR count). The second kappa shape index (κ2) is 9.11. The van der Waals surface area contributed by atoms with E-state index in [2.05, 4.69) is 0 Å². The third-order valence-corrected chi connectivity index (χ3v) is 6.52. The first-order chi connectivity index (χ1) is 15.8. The Hall–Kier alpha value is -3.58. The van der Waals surface area contributed by atoms with E-state index in [4.69, 9.17) is 10.5 Å². The Morgan fingerprint density at radius 1 is 1.03 bits per heavy atom. The summed E-state index contributed by atoms with van der Waals surface area (Å²) in [6.45, 7) is 0.258. The van der Waals surface area contributed by atoms with E-state index in [1.54, 1.807) is 48.5 Å². The van der Waals surface area contributed by atoms with Crippen molar-refractivity contribution in [2.45, 2.75) is 38.1 Å². The SMILES string of the molecule is NC(CC1(C(=O)O)CCC1)C(=O)c1cc(O)c2ccccc2c1OCCc1ccc(O)cc1. The molecule has 0 bridgehead atoms. The van der Waals surface area contributed by atoms with Gasteiger partial charge in [0.25, 0.3) is 0 Å². The van der Waals surface area contributed by atoms with Crippen LogP contribution in [-0.2, 0) is 11.2 Å². The highest BCUT2D eigenvalue weighted by atomic mass is 16.5. The molecule has 1 unspecified atom stereocenters. The summed E-state index contributed by atoms with van der Waals surface area (Å²) in [7, 11) is 0. The van der Waals surface area contributed by atoms with Crippen LogP contribution in [0.4, 0.5) is 0 Å². The van der Waals surface area contributed by atoms with E-state index in [0.717, 1.165) is 12.0 Å². The normalized spacial score (nSPS) is 15.5. The van der Waals surface area contributed by atoms with Crippen molar-refractivity contribution in [1.29, 1.82) is 0 Å². The molecule has 3 aromatic carbocycles. The maximum Gasteiger partial charge on any atom is 0.309 e. The number of hydrogen-bond acceptors (Lipinski definition) is 6. The van der Waals surface area contributed by atoms with E-state index in [1.165, 1.54) is 6.07 Å². The van der Waals surface area contributed by atoms with Crippen molar-refractivity contribution in [1.82, 2.24) is 0 Å². The van der Waals surface area contributed by atoms with Crippen LogP contribution in [0, 0.1) is 5.41 Å². The molecule has 0 amide bonds. The van der Waals surface area contributed by atoms with Crippen molar-refractivity contribution < 1.29 is 29.6 Å². The first-order valence-corrected chi connectivity index (χ1v) is 11.0. The third-order valence-electron chi connectivity index (χ3n) is 6.52. The van der Waals surface area contributed by atoms with Gasteiger partial charge in [0.2, 0.25) is 0 Å². The minimum Gasteiger partial charge on any atom is -0.508 e. The van der Waals surface area contributed by atoms with Crippen molar-refractivity contribution in [2.75, 3.05) is 6.61 Å². The van der Waals surface area contributed by atoms with E-state index >= 15 is 0 Å². The van der Waals surface area contributed by atoms with Crippen molar-refractivity contribution >= 4 is 22.5 Å². The Morgan fingerprint density at radius 2 is 1.70 bits per heavy atom. The number of hydrogen-bond donors (Lipinski definition) is 4. The zero-order valence-corrected chi connectivity index (χ0v) is 18.2. The summed E-state index contributed by atoms with van der Waals surface area (Å²) in [5, 5.41) is 30.7. The number of fused-ring (bicyclic) bond motifs is 1. The molecule has 5 N–H and O–H groups in total. The van der Waals surface area contributed by atoms with Gasteiger partial charge in [-0.2, -0.15) is 0 Å². The van der Waals surface area contributed by atoms with Crippen LogP contribution in [0.25, 0.3) is 10.8 Å². The number of carboxylic acid groups (broad SMARTS) is 1. The standard InChI is InChI=1S/C26H27NO6/c27-21(15-26(25(31)32)11-3-12-26)23(30)20-14-22(29)18-4-1-2-5-19(18)24(20)33-13-10-16-6-8-17(28)9-7-16/h1-2,4-9,14,21,28-29H,3,10-13,15,27H2,(H,31,32). The number of carboxylic acids is 1. The predicted octanol–water partition coefficient (Wildman–Crippen LogP) is 4.03. The molecule has 1 fully saturated rings. The molecule has 1 aliphatic rings. The largest absolute Gasteiger partial charge is 0.508 e. The van der Waals surface area contributed by atoms with Crippen molar-refractivity contribution in [3.63, 3.8) is 0 Å². The van der Waals surface area contributed by atoms with E-state index in [9.17, 15) is 24.9 Å². The van der Waals surface area contributed by atoms with Crippen molar-refractivity contribution in [3.8, 4) is 17.2 Å². The lowest BCUT2D eigenvalue weighted by Crippen LogP contribution is -2.45. The van der Waals surface area contributed by atoms with Crippen LogP contribution in [0.3, 0.4) is 0 Å². The summed E-state index contributed by atoms with van der Waals surface area (Å²) in [5.41, 5.74) is 6.34. The van der Waals surface area contributed by atoms with Crippen LogP contribution in [-0.4, -0.2) is 39.7 Å². The summed E-state index contributed by atoms with van der Waals surface area (Å²) in [6.07, 6.45) is 2.39. The summed E-state index contributed by atoms with van der Waals surface area (Å²) < 4.78 is 6.06. The van der Waals surface area contributed by atoms with Crippen LogP contribution in [0.1, 0.15) is 41.6 Å². The minimum atomic E-state index is -1.03. The lowest BCUT2D eigenvalue weighted by atomic mass is 9.65. The molecule has 0 aromatic heterocycles. The molecule has 1 aliphatic carbocycles. The highest BCUT2D eigenvalue weighted by molar-refractivity contribution is 6.09. The smallest absolute Gasteiger partial charge is 0.309 e. The molecule has 0 spiro atoms. The van der Waals surface area contributed by atoms with Gasteiger partial charge in [-0.05, 0) is 43.0 Å². The number of benzene rings is 3. The molecular formula is C26H27NO6. The fourth-order valence-corrected chi connectivity index (χ4v) is 4.42. The maximum atomic E-state index is 13.3. The Labute approximate surface area is 191 Å². The van der Waals surface area contributed by atoms with Gasteiger partial charge in [0.05, 0.1) is 23.6 Å². The molecule has 172 valence electrons. The van der Waals surface area contributed by atoms with E-state index in [1.807, 2.05) is 0 Å². The fourth-order valence-electron chi connectivity index (χ4n) is 4.42. The number of nitrogens with two attached hydrogens (primary N) is 1.